The molecule has 2 fully saturated rings. The van der Waals surface area contributed by atoms with Crippen molar-refractivity contribution >= 4 is 59.6 Å². The van der Waals surface area contributed by atoms with E-state index in [4.69, 9.17) is 0 Å². The molecule has 2 heterocycles. The fourth-order valence-electron chi connectivity index (χ4n) is 10.5. The van der Waals surface area contributed by atoms with Crippen LogP contribution in [0.2, 0.25) is 0 Å². The van der Waals surface area contributed by atoms with Crippen molar-refractivity contribution in [2.75, 3.05) is 289 Å². The van der Waals surface area contributed by atoms with E-state index in [1.165, 1.54) is 19.0 Å². The number of hydrogen-bond acceptors (Lipinski definition) is 33. The number of likely N-dealkylation sites (N-methyl/N-ethyl adjacent to an activating group) is 8. The van der Waals surface area contributed by atoms with Gasteiger partial charge in [-0.1, -0.05) is 78.2 Å². The number of aliphatic hydroxyl groups is 1. The Morgan fingerprint density at radius 2 is 0.491 bits per heavy atom. The van der Waals surface area contributed by atoms with Gasteiger partial charge < -0.3 is 119 Å². The summed E-state index contributed by atoms with van der Waals surface area (Å²) in [6.07, 6.45) is -0.377. The molecule has 0 spiro atoms. The zero-order chi connectivity index (χ0) is 74.5. The number of carbonyl (C=O) groups is 10. The van der Waals surface area contributed by atoms with Crippen molar-refractivity contribution in [2.45, 2.75) is 91.2 Å². The third-order valence-electron chi connectivity index (χ3n) is 16.6. The number of β-amino-alcohol motifs (C(OH)–C–C–N with tert-alkyl or cyclic N) is 1. The minimum Gasteiger partial charge on any atom is -0.549 e. The van der Waals surface area contributed by atoms with Crippen LogP contribution in [0.5, 0.6) is 0 Å². The van der Waals surface area contributed by atoms with E-state index in [9.17, 15) is 93.9 Å². The van der Waals surface area contributed by atoms with E-state index in [0.717, 1.165) is 116 Å². The minimum atomic E-state index is -1.40. The summed E-state index contributed by atoms with van der Waals surface area (Å²) in [5.74, 6) is -10.4. The van der Waals surface area contributed by atoms with Crippen molar-refractivity contribution in [1.29, 1.82) is 0 Å². The van der Waals surface area contributed by atoms with E-state index >= 15 is 0 Å². The Hall–Kier alpha value is -0.601. The summed E-state index contributed by atoms with van der Waals surface area (Å²) in [6, 6.07) is 0. The summed E-state index contributed by atoms with van der Waals surface area (Å²) >= 11 is 0. The summed E-state index contributed by atoms with van der Waals surface area (Å²) in [6.45, 7) is 35.8. The van der Waals surface area contributed by atoms with Gasteiger partial charge in [0.15, 0.2) is 0 Å². The number of nitrogens with zero attached hydrogens (tertiary/aromatic N) is 14. The van der Waals surface area contributed by atoms with Gasteiger partial charge in [-0.05, 0) is 52.7 Å². The largest absolute Gasteiger partial charge is 3.00 e. The van der Waals surface area contributed by atoms with Gasteiger partial charge in [0.2, 0.25) is 11.8 Å². The van der Waals surface area contributed by atoms with Gasteiger partial charge in [0.05, 0.1) is 66.9 Å². The van der Waals surface area contributed by atoms with Crippen LogP contribution in [-0.4, -0.2) is 428 Å². The Balaban J connectivity index is -0.000000142. The molecule has 39 heteroatoms. The Bertz CT molecular complexity index is 2210. The summed E-state index contributed by atoms with van der Waals surface area (Å²) in [7, 11) is 2.98. The minimum absolute atomic E-state index is 0. The second-order valence-corrected chi connectivity index (χ2v) is 23.9. The van der Waals surface area contributed by atoms with Crippen molar-refractivity contribution in [3.8, 4) is 0 Å². The first-order valence-electron chi connectivity index (χ1n) is 34.2. The Labute approximate surface area is 763 Å². The molecule has 2 rings (SSSR count). The molecule has 0 aliphatic carbocycles. The molecule has 2 aliphatic rings. The molecule has 4 radical (unpaired) electrons. The number of aliphatic hydroxyl groups excluding tert-OH is 1. The molecule has 0 aromatic heterocycles. The van der Waals surface area contributed by atoms with Crippen molar-refractivity contribution in [3.63, 3.8) is 0 Å². The Morgan fingerprint density at radius 1 is 0.302 bits per heavy atom. The Kier molecular flexibility index (Phi) is 94.8. The molecular weight excluding hydrogens is 1960 g/mol. The maximum atomic E-state index is 11.5. The van der Waals surface area contributed by atoms with Crippen LogP contribution in [0, 0.1) is 160 Å². The van der Waals surface area contributed by atoms with Crippen molar-refractivity contribution < 1.29 is 254 Å². The molecule has 624 valence electrons. The van der Waals surface area contributed by atoms with E-state index in [1.54, 1.807) is 16.7 Å². The van der Waals surface area contributed by atoms with Crippen LogP contribution in [0.1, 0.15) is 85.1 Å². The van der Waals surface area contributed by atoms with E-state index in [-0.39, 0.29) is 279 Å². The number of hydrogen-bond donors (Lipinski definition) is 3. The van der Waals surface area contributed by atoms with Gasteiger partial charge in [-0.3, -0.25) is 53.7 Å². The SMILES string of the molecule is C.C.C.C.CCN(CC)CCN(CCN(CC(=O)[O-])CC(=O)[O-])CC(=O)[O-].CCN(CCN(CCN(CC(=O)[O-])CC(=O)NC)CC(=O)[O-])CC(=O)NC.CCN1CCN(CC)CCN(CC(=O)[O-])CCN(CC(=O)[O-])CC1.CCN1CCN(CC)CCN(CC(C)O)CCN(CC(=O)[O-])CC1.[Gd+3].[Gd+3].[Gd+3].[Gd+3]. The third kappa shape index (κ3) is 73.6. The topological polar surface area (TPSA) is 445 Å². The van der Waals surface area contributed by atoms with Gasteiger partial charge in [0.1, 0.15) is 0 Å². The van der Waals surface area contributed by atoms with Crippen molar-refractivity contribution in [1.82, 2.24) is 79.2 Å². The first-order valence-corrected chi connectivity index (χ1v) is 34.2. The molecule has 0 aromatic carbocycles. The second kappa shape index (κ2) is 79.6. The van der Waals surface area contributed by atoms with E-state index in [2.05, 4.69) is 67.7 Å². The molecule has 2 saturated heterocycles. The van der Waals surface area contributed by atoms with Crippen LogP contribution < -0.4 is 51.5 Å². The molecule has 3 N–H and O–H groups in total. The fourth-order valence-corrected chi connectivity index (χ4v) is 10.5. The van der Waals surface area contributed by atoms with Gasteiger partial charge in [-0.25, -0.2) is 0 Å². The number of carbonyl (C=O) groups excluding carboxylic acids is 10. The molecule has 2 amide bonds. The zero-order valence-electron chi connectivity index (χ0n) is 61.7. The van der Waals surface area contributed by atoms with Crippen molar-refractivity contribution in [3.05, 3.63) is 0 Å². The van der Waals surface area contributed by atoms with Crippen LogP contribution in [-0.2, 0) is 47.9 Å². The normalized spacial score (nSPS) is 15.2. The number of amides is 2. The quantitative estimate of drug-likeness (QED) is 0.0512. The first kappa shape index (κ1) is 126. The predicted molar refractivity (Wildman–Crippen MR) is 377 cm³/mol. The first-order chi connectivity index (χ1) is 46.4. The standard InChI is InChI=1S/C17H36N4O3.C16H31N5O6.C16H32N4O4.C14H27N3O6.4CH4.4Gd/c1-4-18-6-7-19(5-2)9-11-21(15-17(23)24)13-12-20(10-8-18)14-16(3)22;1-4-19(9-13(22)17-2)5-6-20(11-15(24)25)7-8-21(12-16(26)27)10-14(23)18-3;1-3-17-5-6-18(4-2)8-10-20(14-16(23)24)12-11-19(9-7-17)13-15(21)22;1-3-15(4-2)5-6-16(9-12(18)19)7-8-17(10-13(20)21)11-14(22)23;;;;;;;;/h16,22H,4-15H2,1-3H3,(H,23,24);4-12H2,1-3H3,(H,17,22)(H,18,23)(H,24,25)(H,26,27);3-14H2,1-2H3,(H,21,22)(H,23,24);3-11H2,1-2H3,(H,18,19)(H,20,21)(H,22,23);4*1H4;;;;/q;;;;;;;;4*+3/p-8. The smallest absolute Gasteiger partial charge is 0.549 e. The van der Waals surface area contributed by atoms with Crippen LogP contribution in [0.25, 0.3) is 0 Å². The van der Waals surface area contributed by atoms with Crippen LogP contribution in [0.3, 0.4) is 0 Å². The summed E-state index contributed by atoms with van der Waals surface area (Å²) in [4.78, 5) is 137. The van der Waals surface area contributed by atoms with E-state index in [0.29, 0.717) is 72.0 Å². The van der Waals surface area contributed by atoms with Gasteiger partial charge in [-0.15, -0.1) is 0 Å². The molecule has 2 aliphatic heterocycles. The average Bonchev–Trinajstić information content (AvgIpc) is 0.928. The number of rotatable bonds is 41. The molecular formula is C67H134Gd4N16O19+4. The maximum Gasteiger partial charge on any atom is 3.00 e. The molecule has 1 unspecified atom stereocenters. The van der Waals surface area contributed by atoms with E-state index in [1.807, 2.05) is 40.4 Å². The van der Waals surface area contributed by atoms with Gasteiger partial charge >= 0.3 is 160 Å². The summed E-state index contributed by atoms with van der Waals surface area (Å²) < 4.78 is 0. The van der Waals surface area contributed by atoms with Crippen LogP contribution in [0.4, 0.5) is 0 Å². The summed E-state index contributed by atoms with van der Waals surface area (Å²) in [5, 5.41) is 101. The Morgan fingerprint density at radius 3 is 0.698 bits per heavy atom. The van der Waals surface area contributed by atoms with E-state index < -0.39 is 67.4 Å². The average molecular weight is 2100 g/mol. The summed E-state index contributed by atoms with van der Waals surface area (Å²) in [5.41, 5.74) is 0. The number of carboxylic acid groups (broad SMARTS) is 8. The van der Waals surface area contributed by atoms with Gasteiger partial charge in [0.25, 0.3) is 0 Å². The monoisotopic (exact) mass is 2100 g/mol. The molecule has 0 aromatic rings. The van der Waals surface area contributed by atoms with Gasteiger partial charge in [0, 0.05) is 230 Å². The number of carboxylic acids is 8. The van der Waals surface area contributed by atoms with Crippen LogP contribution >= 0.6 is 0 Å². The number of nitrogens with one attached hydrogen (secondary N) is 2. The third-order valence-corrected chi connectivity index (χ3v) is 16.6. The second-order valence-electron chi connectivity index (χ2n) is 23.9. The molecule has 35 nitrogen and oxygen atoms in total. The predicted octanol–water partition coefficient (Wildman–Crippen LogP) is -12.2. The molecule has 0 bridgehead atoms. The van der Waals surface area contributed by atoms with Crippen LogP contribution in [0.15, 0.2) is 0 Å². The zero-order valence-corrected chi connectivity index (χ0v) is 70.8. The maximum absolute atomic E-state index is 11.5. The van der Waals surface area contributed by atoms with Crippen molar-refractivity contribution in [2.24, 2.45) is 0 Å². The molecule has 1 atom stereocenters. The number of aliphatic carboxylic acids is 8. The van der Waals surface area contributed by atoms with Gasteiger partial charge in [-0.2, -0.15) is 0 Å². The molecule has 0 saturated carbocycles. The fraction of sp³-hybridized carbons (Fsp3) is 0.851. The molecule has 106 heavy (non-hydrogen) atoms.